The molecule has 0 saturated heterocycles. The van der Waals surface area contributed by atoms with Crippen molar-refractivity contribution in [1.29, 1.82) is 0 Å². The first-order valence-electron chi connectivity index (χ1n) is 4.55. The highest BCUT2D eigenvalue weighted by atomic mass is 35.5. The minimum Gasteiger partial charge on any atom is -0.480 e. The standard InChI is InChI=1S/C9H10ClN3O3/c1-2-5(9(15)16)13-8(14)6-3-11-4-7(10)12-6/h3-5H,2H2,1H3,(H,13,14)(H,15,16)/t5-/m0/s1. The van der Waals surface area contributed by atoms with E-state index in [1.165, 1.54) is 12.4 Å². The zero-order valence-corrected chi connectivity index (χ0v) is 9.23. The first kappa shape index (κ1) is 12.4. The van der Waals surface area contributed by atoms with Crippen molar-refractivity contribution in [2.75, 3.05) is 0 Å². The molecule has 1 atom stereocenters. The predicted octanol–water partition coefficient (Wildman–Crippen LogP) is 0.723. The zero-order chi connectivity index (χ0) is 12.1. The first-order valence-corrected chi connectivity index (χ1v) is 4.93. The molecule has 1 aromatic heterocycles. The van der Waals surface area contributed by atoms with Gasteiger partial charge in [0.25, 0.3) is 5.91 Å². The molecule has 0 aliphatic rings. The van der Waals surface area contributed by atoms with Crippen molar-refractivity contribution in [2.45, 2.75) is 19.4 Å². The molecule has 0 unspecified atom stereocenters. The predicted molar refractivity (Wildman–Crippen MR) is 56.2 cm³/mol. The Balaban J connectivity index is 2.75. The fraction of sp³-hybridized carbons (Fsp3) is 0.333. The Hall–Kier alpha value is -1.69. The van der Waals surface area contributed by atoms with E-state index in [4.69, 9.17) is 16.7 Å². The summed E-state index contributed by atoms with van der Waals surface area (Å²) in [6.45, 7) is 1.66. The van der Waals surface area contributed by atoms with E-state index in [0.29, 0.717) is 0 Å². The van der Waals surface area contributed by atoms with Crippen LogP contribution < -0.4 is 5.32 Å². The molecule has 1 aromatic rings. The Kier molecular flexibility index (Phi) is 4.19. The molecule has 1 heterocycles. The number of nitrogens with zero attached hydrogens (tertiary/aromatic N) is 2. The molecule has 0 aliphatic heterocycles. The summed E-state index contributed by atoms with van der Waals surface area (Å²) in [6.07, 6.45) is 2.79. The molecular weight excluding hydrogens is 234 g/mol. The lowest BCUT2D eigenvalue weighted by Gasteiger charge is -2.11. The smallest absolute Gasteiger partial charge is 0.326 e. The summed E-state index contributed by atoms with van der Waals surface area (Å²) < 4.78 is 0. The van der Waals surface area contributed by atoms with Gasteiger partial charge in [0.1, 0.15) is 16.9 Å². The molecule has 0 saturated carbocycles. The van der Waals surface area contributed by atoms with Crippen LogP contribution in [0.15, 0.2) is 12.4 Å². The van der Waals surface area contributed by atoms with Gasteiger partial charge in [-0.25, -0.2) is 9.78 Å². The minimum atomic E-state index is -1.09. The van der Waals surface area contributed by atoms with E-state index in [9.17, 15) is 9.59 Å². The van der Waals surface area contributed by atoms with E-state index in [1.54, 1.807) is 6.92 Å². The third-order valence-corrected chi connectivity index (χ3v) is 2.03. The summed E-state index contributed by atoms with van der Waals surface area (Å²) in [6, 6.07) is -0.937. The average molecular weight is 244 g/mol. The van der Waals surface area contributed by atoms with Crippen LogP contribution in [0.4, 0.5) is 0 Å². The molecule has 1 rings (SSSR count). The second-order valence-corrected chi connectivity index (χ2v) is 3.39. The average Bonchev–Trinajstić information content (AvgIpc) is 2.25. The maximum atomic E-state index is 11.5. The maximum Gasteiger partial charge on any atom is 0.326 e. The molecule has 7 heteroatoms. The fourth-order valence-corrected chi connectivity index (χ4v) is 1.17. The van der Waals surface area contributed by atoms with Crippen LogP contribution in [0.1, 0.15) is 23.8 Å². The summed E-state index contributed by atoms with van der Waals surface area (Å²) >= 11 is 5.55. The number of carboxylic acid groups (broad SMARTS) is 1. The van der Waals surface area contributed by atoms with E-state index in [-0.39, 0.29) is 17.3 Å². The van der Waals surface area contributed by atoms with Gasteiger partial charge in [0.2, 0.25) is 0 Å². The highest BCUT2D eigenvalue weighted by molar-refractivity contribution is 6.29. The lowest BCUT2D eigenvalue weighted by atomic mass is 10.2. The topological polar surface area (TPSA) is 92.2 Å². The Morgan fingerprint density at radius 3 is 2.75 bits per heavy atom. The SMILES string of the molecule is CC[C@H](NC(=O)c1cncc(Cl)n1)C(=O)O. The largest absolute Gasteiger partial charge is 0.480 e. The number of carboxylic acids is 1. The van der Waals surface area contributed by atoms with Crippen LogP contribution in [0.3, 0.4) is 0 Å². The van der Waals surface area contributed by atoms with E-state index >= 15 is 0 Å². The molecule has 0 radical (unpaired) electrons. The third-order valence-electron chi connectivity index (χ3n) is 1.85. The summed E-state index contributed by atoms with van der Waals surface area (Å²) in [5, 5.41) is 11.1. The van der Waals surface area contributed by atoms with Crippen molar-refractivity contribution in [3.05, 3.63) is 23.2 Å². The lowest BCUT2D eigenvalue weighted by molar-refractivity contribution is -0.139. The summed E-state index contributed by atoms with van der Waals surface area (Å²) in [4.78, 5) is 29.6. The van der Waals surface area contributed by atoms with Crippen molar-refractivity contribution in [3.8, 4) is 0 Å². The minimum absolute atomic E-state index is 0.00722. The molecular formula is C9H10ClN3O3. The summed E-state index contributed by atoms with van der Waals surface area (Å²) in [7, 11) is 0. The van der Waals surface area contributed by atoms with Gasteiger partial charge in [-0.3, -0.25) is 9.78 Å². The number of hydrogen-bond acceptors (Lipinski definition) is 4. The number of rotatable bonds is 4. The molecule has 0 aliphatic carbocycles. The zero-order valence-electron chi connectivity index (χ0n) is 8.48. The second kappa shape index (κ2) is 5.41. The first-order chi connectivity index (χ1) is 7.54. The van der Waals surface area contributed by atoms with Crippen LogP contribution >= 0.6 is 11.6 Å². The number of halogens is 1. The van der Waals surface area contributed by atoms with E-state index in [2.05, 4.69) is 15.3 Å². The van der Waals surface area contributed by atoms with Gasteiger partial charge in [-0.15, -0.1) is 0 Å². The van der Waals surface area contributed by atoms with Gasteiger partial charge >= 0.3 is 5.97 Å². The number of hydrogen-bond donors (Lipinski definition) is 2. The number of aromatic nitrogens is 2. The van der Waals surface area contributed by atoms with Crippen molar-refractivity contribution >= 4 is 23.5 Å². The van der Waals surface area contributed by atoms with E-state index in [0.717, 1.165) is 0 Å². The lowest BCUT2D eigenvalue weighted by Crippen LogP contribution is -2.40. The molecule has 16 heavy (non-hydrogen) atoms. The highest BCUT2D eigenvalue weighted by Crippen LogP contribution is 2.03. The number of carbonyl (C=O) groups excluding carboxylic acids is 1. The van der Waals surface area contributed by atoms with Gasteiger partial charge in [-0.2, -0.15) is 0 Å². The normalized spacial score (nSPS) is 11.9. The Bertz CT molecular complexity index is 411. The molecule has 0 aromatic carbocycles. The Morgan fingerprint density at radius 1 is 1.56 bits per heavy atom. The van der Waals surface area contributed by atoms with Gasteiger partial charge in [-0.05, 0) is 6.42 Å². The van der Waals surface area contributed by atoms with Crippen LogP contribution in [-0.4, -0.2) is 33.0 Å². The quantitative estimate of drug-likeness (QED) is 0.813. The van der Waals surface area contributed by atoms with Gasteiger partial charge in [0.05, 0.1) is 12.4 Å². The van der Waals surface area contributed by atoms with Gasteiger partial charge in [0.15, 0.2) is 0 Å². The summed E-state index contributed by atoms with van der Waals surface area (Å²) in [5.41, 5.74) is -0.00722. The molecule has 0 fully saturated rings. The molecule has 1 amide bonds. The van der Waals surface area contributed by atoms with Crippen molar-refractivity contribution in [2.24, 2.45) is 0 Å². The molecule has 6 nitrogen and oxygen atoms in total. The number of amides is 1. The van der Waals surface area contributed by atoms with Crippen LogP contribution in [0.25, 0.3) is 0 Å². The van der Waals surface area contributed by atoms with Crippen LogP contribution in [0, 0.1) is 0 Å². The molecule has 0 spiro atoms. The van der Waals surface area contributed by atoms with Crippen molar-refractivity contribution < 1.29 is 14.7 Å². The van der Waals surface area contributed by atoms with Crippen LogP contribution in [-0.2, 0) is 4.79 Å². The monoisotopic (exact) mass is 243 g/mol. The van der Waals surface area contributed by atoms with Crippen molar-refractivity contribution in [1.82, 2.24) is 15.3 Å². The van der Waals surface area contributed by atoms with Gasteiger partial charge in [0, 0.05) is 0 Å². The Labute approximate surface area is 96.7 Å². The summed E-state index contributed by atoms with van der Waals surface area (Å²) in [5.74, 6) is -1.70. The maximum absolute atomic E-state index is 11.5. The van der Waals surface area contributed by atoms with Crippen molar-refractivity contribution in [3.63, 3.8) is 0 Å². The van der Waals surface area contributed by atoms with Gasteiger partial charge < -0.3 is 10.4 Å². The number of aliphatic carboxylic acids is 1. The highest BCUT2D eigenvalue weighted by Gasteiger charge is 2.19. The van der Waals surface area contributed by atoms with Gasteiger partial charge in [-0.1, -0.05) is 18.5 Å². The van der Waals surface area contributed by atoms with Crippen LogP contribution in [0.5, 0.6) is 0 Å². The molecule has 86 valence electrons. The molecule has 0 bridgehead atoms. The van der Waals surface area contributed by atoms with E-state index in [1.807, 2.05) is 0 Å². The Morgan fingerprint density at radius 2 is 2.25 bits per heavy atom. The second-order valence-electron chi connectivity index (χ2n) is 3.00. The molecule has 2 N–H and O–H groups in total. The fourth-order valence-electron chi connectivity index (χ4n) is 1.02. The number of carbonyl (C=O) groups is 2. The third kappa shape index (κ3) is 3.16. The number of nitrogens with one attached hydrogen (secondary N) is 1. The van der Waals surface area contributed by atoms with E-state index < -0.39 is 17.9 Å². The van der Waals surface area contributed by atoms with Crippen LogP contribution in [0.2, 0.25) is 5.15 Å².